The van der Waals surface area contributed by atoms with Crippen LogP contribution in [0.25, 0.3) is 10.6 Å². The van der Waals surface area contributed by atoms with Gasteiger partial charge in [0.15, 0.2) is 6.61 Å². The van der Waals surface area contributed by atoms with E-state index in [9.17, 15) is 9.59 Å². The Labute approximate surface area is 167 Å². The number of aromatic nitrogens is 1. The maximum absolute atomic E-state index is 12.4. The van der Waals surface area contributed by atoms with E-state index in [4.69, 9.17) is 4.74 Å². The standard InChI is InChI=1S/C21H21N3O3S/c1-14-4-6-15(7-5-14)21-23-18(13-28-21)20(26)22-16-8-10-17(11-9-16)27-12-19(25)24(2)3/h4-11,13H,12H2,1-3H3,(H,22,26). The van der Waals surface area contributed by atoms with Crippen molar-refractivity contribution in [1.82, 2.24) is 9.88 Å². The zero-order valence-corrected chi connectivity index (χ0v) is 16.7. The van der Waals surface area contributed by atoms with Crippen molar-refractivity contribution in [3.05, 3.63) is 65.2 Å². The first-order valence-corrected chi connectivity index (χ1v) is 9.57. The van der Waals surface area contributed by atoms with Gasteiger partial charge in [0.05, 0.1) is 0 Å². The lowest BCUT2D eigenvalue weighted by Crippen LogP contribution is -2.27. The lowest BCUT2D eigenvalue weighted by molar-refractivity contribution is -0.130. The summed E-state index contributed by atoms with van der Waals surface area (Å²) in [6.45, 7) is 2.00. The Balaban J connectivity index is 1.60. The minimum atomic E-state index is -0.272. The van der Waals surface area contributed by atoms with Crippen molar-refractivity contribution in [2.24, 2.45) is 0 Å². The van der Waals surface area contributed by atoms with Crippen LogP contribution >= 0.6 is 11.3 Å². The summed E-state index contributed by atoms with van der Waals surface area (Å²) in [5.41, 5.74) is 3.17. The van der Waals surface area contributed by atoms with E-state index in [0.29, 0.717) is 17.1 Å². The highest BCUT2D eigenvalue weighted by Gasteiger charge is 2.12. The van der Waals surface area contributed by atoms with Gasteiger partial charge in [0.1, 0.15) is 16.5 Å². The van der Waals surface area contributed by atoms with Crippen molar-refractivity contribution in [2.75, 3.05) is 26.0 Å². The summed E-state index contributed by atoms with van der Waals surface area (Å²) >= 11 is 1.43. The van der Waals surface area contributed by atoms with E-state index in [2.05, 4.69) is 10.3 Å². The number of carbonyl (C=O) groups excluding carboxylic acids is 2. The Kier molecular flexibility index (Phi) is 6.06. The summed E-state index contributed by atoms with van der Waals surface area (Å²) in [6.07, 6.45) is 0. The Bertz CT molecular complexity index is 963. The molecule has 0 aliphatic heterocycles. The Morgan fingerprint density at radius 2 is 1.75 bits per heavy atom. The predicted molar refractivity (Wildman–Crippen MR) is 111 cm³/mol. The number of rotatable bonds is 6. The normalized spacial score (nSPS) is 10.4. The Morgan fingerprint density at radius 1 is 1.07 bits per heavy atom. The number of benzene rings is 2. The van der Waals surface area contributed by atoms with Crippen LogP contribution in [0.4, 0.5) is 5.69 Å². The quantitative estimate of drug-likeness (QED) is 0.688. The number of thiazole rings is 1. The fourth-order valence-corrected chi connectivity index (χ4v) is 3.12. The summed E-state index contributed by atoms with van der Waals surface area (Å²) in [5.74, 6) is 0.167. The first-order valence-electron chi connectivity index (χ1n) is 8.69. The molecular formula is C21H21N3O3S. The molecule has 1 aromatic heterocycles. The minimum Gasteiger partial charge on any atom is -0.484 e. The average molecular weight is 395 g/mol. The third-order valence-corrected chi connectivity index (χ3v) is 4.90. The van der Waals surface area contributed by atoms with E-state index in [1.54, 1.807) is 43.7 Å². The van der Waals surface area contributed by atoms with Gasteiger partial charge < -0.3 is 15.0 Å². The smallest absolute Gasteiger partial charge is 0.275 e. The van der Waals surface area contributed by atoms with E-state index < -0.39 is 0 Å². The van der Waals surface area contributed by atoms with Crippen molar-refractivity contribution >= 4 is 28.8 Å². The second-order valence-corrected chi connectivity index (χ2v) is 7.32. The molecule has 3 aromatic rings. The van der Waals surface area contributed by atoms with Crippen molar-refractivity contribution in [3.8, 4) is 16.3 Å². The molecule has 0 saturated carbocycles. The van der Waals surface area contributed by atoms with Gasteiger partial charge >= 0.3 is 0 Å². The van der Waals surface area contributed by atoms with E-state index >= 15 is 0 Å². The molecule has 0 atom stereocenters. The van der Waals surface area contributed by atoms with Gasteiger partial charge in [0.2, 0.25) is 0 Å². The van der Waals surface area contributed by atoms with Crippen LogP contribution in [0.3, 0.4) is 0 Å². The summed E-state index contributed by atoms with van der Waals surface area (Å²) in [4.78, 5) is 29.9. The zero-order chi connectivity index (χ0) is 20.1. The van der Waals surface area contributed by atoms with E-state index in [0.717, 1.165) is 10.6 Å². The monoisotopic (exact) mass is 395 g/mol. The first-order chi connectivity index (χ1) is 13.4. The number of likely N-dealkylation sites (N-methyl/N-ethyl adjacent to an activating group) is 1. The molecule has 0 saturated heterocycles. The summed E-state index contributed by atoms with van der Waals surface area (Å²) < 4.78 is 5.42. The molecule has 7 heteroatoms. The van der Waals surface area contributed by atoms with Gasteiger partial charge in [0.25, 0.3) is 11.8 Å². The van der Waals surface area contributed by atoms with Crippen LogP contribution in [-0.2, 0) is 4.79 Å². The molecule has 0 bridgehead atoms. The SMILES string of the molecule is Cc1ccc(-c2nc(C(=O)Nc3ccc(OCC(=O)N(C)C)cc3)cs2)cc1. The number of hydrogen-bond acceptors (Lipinski definition) is 5. The molecule has 0 fully saturated rings. The Hall–Kier alpha value is -3.19. The number of hydrogen-bond donors (Lipinski definition) is 1. The number of ether oxygens (including phenoxy) is 1. The van der Waals surface area contributed by atoms with Gasteiger partial charge in [-0.2, -0.15) is 0 Å². The van der Waals surface area contributed by atoms with Crippen molar-refractivity contribution in [2.45, 2.75) is 6.92 Å². The summed E-state index contributed by atoms with van der Waals surface area (Å²) in [6, 6.07) is 14.9. The van der Waals surface area contributed by atoms with Crippen LogP contribution in [0.1, 0.15) is 16.1 Å². The molecule has 1 heterocycles. The molecule has 28 heavy (non-hydrogen) atoms. The maximum atomic E-state index is 12.4. The number of amides is 2. The van der Waals surface area contributed by atoms with Crippen molar-refractivity contribution < 1.29 is 14.3 Å². The van der Waals surface area contributed by atoms with Crippen LogP contribution in [0.2, 0.25) is 0 Å². The number of nitrogens with zero attached hydrogens (tertiary/aromatic N) is 2. The number of anilines is 1. The number of nitrogens with one attached hydrogen (secondary N) is 1. The molecule has 3 rings (SSSR count). The van der Waals surface area contributed by atoms with Crippen molar-refractivity contribution in [3.63, 3.8) is 0 Å². The van der Waals surface area contributed by atoms with Crippen LogP contribution in [0.5, 0.6) is 5.75 Å². The fraction of sp³-hybridized carbons (Fsp3) is 0.190. The van der Waals surface area contributed by atoms with Crippen LogP contribution in [0, 0.1) is 6.92 Å². The van der Waals surface area contributed by atoms with Crippen molar-refractivity contribution in [1.29, 1.82) is 0 Å². The maximum Gasteiger partial charge on any atom is 0.275 e. The lowest BCUT2D eigenvalue weighted by atomic mass is 10.2. The third-order valence-electron chi connectivity index (χ3n) is 4.01. The van der Waals surface area contributed by atoms with E-state index in [1.807, 2.05) is 31.2 Å². The molecule has 2 aromatic carbocycles. The van der Waals surface area contributed by atoms with Crippen LogP contribution in [-0.4, -0.2) is 42.4 Å². The molecule has 2 amide bonds. The first kappa shape index (κ1) is 19.6. The van der Waals surface area contributed by atoms with Gasteiger partial charge in [-0.3, -0.25) is 9.59 Å². The minimum absolute atomic E-state index is 0.0285. The Morgan fingerprint density at radius 3 is 2.39 bits per heavy atom. The number of aryl methyl sites for hydroxylation is 1. The second kappa shape index (κ2) is 8.67. The molecule has 0 aliphatic rings. The van der Waals surface area contributed by atoms with Gasteiger partial charge in [-0.25, -0.2) is 4.98 Å². The molecule has 6 nitrogen and oxygen atoms in total. The molecule has 144 valence electrons. The highest BCUT2D eigenvalue weighted by molar-refractivity contribution is 7.13. The zero-order valence-electron chi connectivity index (χ0n) is 15.9. The molecule has 0 unspecified atom stereocenters. The van der Waals surface area contributed by atoms with E-state index in [1.165, 1.54) is 21.8 Å². The fourth-order valence-electron chi connectivity index (χ4n) is 2.31. The molecule has 0 radical (unpaired) electrons. The molecule has 0 spiro atoms. The highest BCUT2D eigenvalue weighted by atomic mass is 32.1. The average Bonchev–Trinajstić information content (AvgIpc) is 3.18. The third kappa shape index (κ3) is 4.95. The summed E-state index contributed by atoms with van der Waals surface area (Å²) in [5, 5.41) is 5.37. The highest BCUT2D eigenvalue weighted by Crippen LogP contribution is 2.24. The van der Waals surface area contributed by atoms with Gasteiger partial charge in [-0.05, 0) is 31.2 Å². The van der Waals surface area contributed by atoms with Crippen LogP contribution < -0.4 is 10.1 Å². The van der Waals surface area contributed by atoms with Crippen LogP contribution in [0.15, 0.2) is 53.9 Å². The molecule has 0 aliphatic carbocycles. The molecule has 1 N–H and O–H groups in total. The van der Waals surface area contributed by atoms with Gasteiger partial charge in [-0.15, -0.1) is 11.3 Å². The van der Waals surface area contributed by atoms with E-state index in [-0.39, 0.29) is 18.4 Å². The predicted octanol–water partition coefficient (Wildman–Crippen LogP) is 3.84. The largest absolute Gasteiger partial charge is 0.484 e. The summed E-state index contributed by atoms with van der Waals surface area (Å²) in [7, 11) is 3.35. The van der Waals surface area contributed by atoms with Gasteiger partial charge in [0, 0.05) is 30.7 Å². The topological polar surface area (TPSA) is 71.5 Å². The number of carbonyl (C=O) groups is 2. The lowest BCUT2D eigenvalue weighted by Gasteiger charge is -2.11. The van der Waals surface area contributed by atoms with Gasteiger partial charge in [-0.1, -0.05) is 29.8 Å². The molecular weight excluding hydrogens is 374 g/mol. The second-order valence-electron chi connectivity index (χ2n) is 6.46.